The molecule has 44 heavy (non-hydrogen) atoms. The van der Waals surface area contributed by atoms with Crippen LogP contribution >= 0.6 is 0 Å². The molecule has 0 radical (unpaired) electrons. The van der Waals surface area contributed by atoms with E-state index in [2.05, 4.69) is 10.4 Å². The van der Waals surface area contributed by atoms with Crippen LogP contribution in [-0.2, 0) is 28.2 Å². The first kappa shape index (κ1) is 29.7. The van der Waals surface area contributed by atoms with Crippen molar-refractivity contribution in [3.05, 3.63) is 77.4 Å². The summed E-state index contributed by atoms with van der Waals surface area (Å²) < 4.78 is 74.2. The molecule has 2 fully saturated rings. The van der Waals surface area contributed by atoms with E-state index in [0.717, 1.165) is 17.7 Å². The molecule has 3 heterocycles. The number of aryl methyl sites for hydroxylation is 1. The summed E-state index contributed by atoms with van der Waals surface area (Å²) in [5.41, 5.74) is -2.35. The zero-order chi connectivity index (χ0) is 31.6. The van der Waals surface area contributed by atoms with Gasteiger partial charge in [-0.25, -0.2) is 13.6 Å². The molecule has 6 rings (SSSR count). The number of carbonyl (C=O) groups excluding carboxylic acids is 3. The molecular weight excluding hydrogens is 587 g/mol. The highest BCUT2D eigenvalue weighted by Gasteiger charge is 2.66. The van der Waals surface area contributed by atoms with Crippen LogP contribution in [0, 0.1) is 5.82 Å². The standard InChI is InChI=1S/C30H29F5N6O3/c1-3-39-14-20(12-36-39)19-6-9-23-22(10-19)24(32)11-29(23)26(43)40(27(44)37-29)15-25(42)41(13-18-4-7-21(31)8-5-18)28(30(33,34)35)16-38(2)17-28/h4-10,12,14,24H,3,11,13,15-17H2,1-2H3,(H,37,44)/t24-,29+/m1/s1. The summed E-state index contributed by atoms with van der Waals surface area (Å²) in [5, 5.41) is 6.76. The Kier molecular flexibility index (Phi) is 7.02. The molecule has 0 saturated carbocycles. The molecule has 3 aliphatic rings. The molecule has 2 atom stereocenters. The summed E-state index contributed by atoms with van der Waals surface area (Å²) in [4.78, 5) is 43.2. The number of nitrogens with one attached hydrogen (secondary N) is 1. The Hall–Kier alpha value is -4.33. The SMILES string of the molecule is CCn1cc(-c2ccc3c(c2)[C@H](F)C[C@]32NC(=O)N(CC(=O)N(Cc3ccc(F)cc3)C3(C(F)(F)F)CN(C)C3)C2=O)cn1. The van der Waals surface area contributed by atoms with E-state index >= 15 is 4.39 Å². The van der Waals surface area contributed by atoms with E-state index in [1.165, 1.54) is 24.1 Å². The van der Waals surface area contributed by atoms with Gasteiger partial charge in [0.1, 0.15) is 24.1 Å². The smallest absolute Gasteiger partial charge is 0.320 e. The van der Waals surface area contributed by atoms with Crippen LogP contribution in [0.3, 0.4) is 0 Å². The van der Waals surface area contributed by atoms with Crippen molar-refractivity contribution in [2.75, 3.05) is 26.7 Å². The maximum Gasteiger partial charge on any atom is 0.414 e. The highest BCUT2D eigenvalue weighted by Crippen LogP contribution is 2.49. The van der Waals surface area contributed by atoms with Gasteiger partial charge >= 0.3 is 12.2 Å². The molecule has 1 aromatic heterocycles. The average molecular weight is 617 g/mol. The van der Waals surface area contributed by atoms with Gasteiger partial charge in [-0.15, -0.1) is 0 Å². The quantitative estimate of drug-likeness (QED) is 0.319. The van der Waals surface area contributed by atoms with Crippen LogP contribution in [0.25, 0.3) is 11.1 Å². The molecule has 232 valence electrons. The van der Waals surface area contributed by atoms with Crippen molar-refractivity contribution in [2.24, 2.45) is 0 Å². The fourth-order valence-corrected chi connectivity index (χ4v) is 6.48. The van der Waals surface area contributed by atoms with E-state index in [1.54, 1.807) is 35.3 Å². The molecule has 0 unspecified atom stereocenters. The molecule has 2 aliphatic heterocycles. The topological polar surface area (TPSA) is 90.8 Å². The van der Waals surface area contributed by atoms with Gasteiger partial charge in [0.2, 0.25) is 5.91 Å². The number of amides is 4. The Morgan fingerprint density at radius 2 is 1.82 bits per heavy atom. The van der Waals surface area contributed by atoms with Crippen molar-refractivity contribution in [3.8, 4) is 11.1 Å². The van der Waals surface area contributed by atoms with Gasteiger partial charge in [-0.05, 0) is 54.4 Å². The third kappa shape index (κ3) is 4.62. The molecular formula is C30H29F5N6O3. The number of aromatic nitrogens is 2. The molecule has 14 heteroatoms. The van der Waals surface area contributed by atoms with E-state index in [1.807, 2.05) is 6.92 Å². The van der Waals surface area contributed by atoms with E-state index in [9.17, 15) is 31.9 Å². The molecule has 1 aliphatic carbocycles. The van der Waals surface area contributed by atoms with Gasteiger partial charge in [0.05, 0.1) is 6.20 Å². The number of likely N-dealkylation sites (N-methyl/N-ethyl adjacent to an activating group) is 1. The first-order valence-electron chi connectivity index (χ1n) is 14.0. The first-order valence-corrected chi connectivity index (χ1v) is 14.0. The van der Waals surface area contributed by atoms with Crippen LogP contribution in [0.2, 0.25) is 0 Å². The number of imide groups is 1. The number of benzene rings is 2. The fraction of sp³-hybridized carbons (Fsp3) is 0.400. The lowest BCUT2D eigenvalue weighted by Gasteiger charge is -2.55. The monoisotopic (exact) mass is 616 g/mol. The summed E-state index contributed by atoms with van der Waals surface area (Å²) in [6.45, 7) is -0.0180. The minimum absolute atomic E-state index is 0.194. The van der Waals surface area contributed by atoms with Crippen LogP contribution < -0.4 is 5.32 Å². The van der Waals surface area contributed by atoms with Crippen LogP contribution in [-0.4, -0.2) is 80.7 Å². The number of nitrogens with zero attached hydrogens (tertiary/aromatic N) is 5. The van der Waals surface area contributed by atoms with Crippen molar-refractivity contribution in [3.63, 3.8) is 0 Å². The molecule has 3 aromatic rings. The molecule has 2 saturated heterocycles. The van der Waals surface area contributed by atoms with Crippen LogP contribution in [0.4, 0.5) is 26.7 Å². The fourth-order valence-electron chi connectivity index (χ4n) is 6.48. The number of rotatable bonds is 7. The van der Waals surface area contributed by atoms with Gasteiger partial charge in [-0.2, -0.15) is 18.3 Å². The molecule has 9 nitrogen and oxygen atoms in total. The van der Waals surface area contributed by atoms with Gasteiger partial charge in [0, 0.05) is 44.4 Å². The molecule has 1 spiro atoms. The number of likely N-dealkylation sites (tertiary alicyclic amines) is 1. The highest BCUT2D eigenvalue weighted by molar-refractivity contribution is 6.10. The Morgan fingerprint density at radius 3 is 2.43 bits per heavy atom. The largest absolute Gasteiger partial charge is 0.414 e. The number of urea groups is 1. The first-order chi connectivity index (χ1) is 20.8. The number of fused-ring (bicyclic) bond motifs is 2. The number of hydrogen-bond acceptors (Lipinski definition) is 5. The summed E-state index contributed by atoms with van der Waals surface area (Å²) in [5.74, 6) is -2.65. The number of carbonyl (C=O) groups is 3. The summed E-state index contributed by atoms with van der Waals surface area (Å²) >= 11 is 0. The second-order valence-electron chi connectivity index (χ2n) is 11.6. The second kappa shape index (κ2) is 10.4. The van der Waals surface area contributed by atoms with Crippen molar-refractivity contribution < 1.29 is 36.3 Å². The van der Waals surface area contributed by atoms with Gasteiger partial charge in [-0.1, -0.05) is 24.3 Å². The Balaban J connectivity index is 1.29. The van der Waals surface area contributed by atoms with E-state index < -0.39 is 79.7 Å². The van der Waals surface area contributed by atoms with Crippen molar-refractivity contribution in [2.45, 2.75) is 49.9 Å². The van der Waals surface area contributed by atoms with Crippen LogP contribution in [0.15, 0.2) is 54.9 Å². The molecule has 1 N–H and O–H groups in total. The Morgan fingerprint density at radius 1 is 1.11 bits per heavy atom. The maximum atomic E-state index is 15.5. The van der Waals surface area contributed by atoms with Gasteiger partial charge in [0.15, 0.2) is 5.54 Å². The van der Waals surface area contributed by atoms with Gasteiger partial charge in [0.25, 0.3) is 5.91 Å². The Bertz CT molecular complexity index is 1630. The van der Waals surface area contributed by atoms with Gasteiger partial charge in [-0.3, -0.25) is 19.2 Å². The zero-order valence-electron chi connectivity index (χ0n) is 23.9. The minimum Gasteiger partial charge on any atom is -0.320 e. The van der Waals surface area contributed by atoms with Crippen molar-refractivity contribution >= 4 is 17.8 Å². The molecule has 0 bridgehead atoms. The third-order valence-electron chi connectivity index (χ3n) is 8.76. The van der Waals surface area contributed by atoms with E-state index in [-0.39, 0.29) is 16.7 Å². The van der Waals surface area contributed by atoms with Gasteiger partial charge < -0.3 is 15.1 Å². The zero-order valence-corrected chi connectivity index (χ0v) is 23.9. The number of alkyl halides is 4. The summed E-state index contributed by atoms with van der Waals surface area (Å²) in [7, 11) is 1.47. The summed E-state index contributed by atoms with van der Waals surface area (Å²) in [6.07, 6.45) is -3.47. The Labute approximate surface area is 249 Å². The summed E-state index contributed by atoms with van der Waals surface area (Å²) in [6, 6.07) is 8.46. The molecule has 2 aromatic carbocycles. The lowest BCUT2D eigenvalue weighted by atomic mass is 9.86. The third-order valence-corrected chi connectivity index (χ3v) is 8.76. The second-order valence-corrected chi connectivity index (χ2v) is 11.6. The average Bonchev–Trinajstić information content (AvgIpc) is 3.61. The highest BCUT2D eigenvalue weighted by atomic mass is 19.4. The number of halogens is 5. The maximum absolute atomic E-state index is 15.5. The predicted octanol–water partition coefficient (Wildman–Crippen LogP) is 4.15. The number of hydrogen-bond donors (Lipinski definition) is 1. The van der Waals surface area contributed by atoms with E-state index in [4.69, 9.17) is 0 Å². The lowest BCUT2D eigenvalue weighted by molar-refractivity contribution is -0.268. The normalized spacial score (nSPS) is 22.7. The van der Waals surface area contributed by atoms with Crippen LogP contribution in [0.5, 0.6) is 0 Å². The molecule has 4 amide bonds. The van der Waals surface area contributed by atoms with E-state index in [0.29, 0.717) is 21.9 Å². The predicted molar refractivity (Wildman–Crippen MR) is 147 cm³/mol. The van der Waals surface area contributed by atoms with Crippen molar-refractivity contribution in [1.29, 1.82) is 0 Å². The lowest BCUT2D eigenvalue weighted by Crippen LogP contribution is -2.77. The minimum atomic E-state index is -4.84. The van der Waals surface area contributed by atoms with Crippen LogP contribution in [0.1, 0.15) is 36.2 Å². The van der Waals surface area contributed by atoms with Crippen molar-refractivity contribution in [1.82, 2.24) is 29.8 Å².